The van der Waals surface area contributed by atoms with Crippen LogP contribution in [0.4, 0.5) is 4.39 Å². The Kier molecular flexibility index (Phi) is 5.26. The number of nitrogens with one attached hydrogen (secondary N) is 1. The monoisotopic (exact) mass is 295 g/mol. The molecule has 0 aromatic carbocycles. The van der Waals surface area contributed by atoms with E-state index < -0.39 is 5.82 Å². The highest BCUT2D eigenvalue weighted by Crippen LogP contribution is 2.25. The van der Waals surface area contributed by atoms with E-state index >= 15 is 0 Å². The van der Waals surface area contributed by atoms with E-state index in [4.69, 9.17) is 16.3 Å². The van der Waals surface area contributed by atoms with Crippen LogP contribution in [-0.4, -0.2) is 16.5 Å². The van der Waals surface area contributed by atoms with Gasteiger partial charge in [0.05, 0.1) is 11.2 Å². The maximum atomic E-state index is 14.2. The van der Waals surface area contributed by atoms with Crippen LogP contribution >= 0.6 is 11.6 Å². The molecule has 0 aliphatic heterocycles. The molecule has 6 heteroatoms. The standard InChI is InChI=1S/C14H15ClFN3O/c1-2-4-17-7-10-3-5-19-14(13(10)16)20-12-6-11(15)8-18-9-12/h3,5-6,8-9,17H,2,4,7H2,1H3. The summed E-state index contributed by atoms with van der Waals surface area (Å²) in [7, 11) is 0. The summed E-state index contributed by atoms with van der Waals surface area (Å²) in [5.74, 6) is -0.205. The van der Waals surface area contributed by atoms with E-state index in [0.29, 0.717) is 22.9 Å². The molecule has 0 atom stereocenters. The maximum absolute atomic E-state index is 14.2. The lowest BCUT2D eigenvalue weighted by Crippen LogP contribution is -2.15. The van der Waals surface area contributed by atoms with Crippen molar-refractivity contribution < 1.29 is 9.13 Å². The Bertz CT molecular complexity index is 580. The number of ether oxygens (including phenoxy) is 1. The first kappa shape index (κ1) is 14.7. The van der Waals surface area contributed by atoms with Crippen molar-refractivity contribution in [3.63, 3.8) is 0 Å². The second-order valence-electron chi connectivity index (χ2n) is 4.21. The van der Waals surface area contributed by atoms with Gasteiger partial charge < -0.3 is 10.1 Å². The first-order valence-corrected chi connectivity index (χ1v) is 6.71. The van der Waals surface area contributed by atoms with Gasteiger partial charge in [0.15, 0.2) is 5.82 Å². The van der Waals surface area contributed by atoms with Crippen molar-refractivity contribution in [3.05, 3.63) is 47.1 Å². The van der Waals surface area contributed by atoms with Crippen molar-refractivity contribution in [2.24, 2.45) is 0 Å². The number of aromatic nitrogens is 2. The van der Waals surface area contributed by atoms with Crippen LogP contribution in [0.2, 0.25) is 5.02 Å². The van der Waals surface area contributed by atoms with Gasteiger partial charge in [-0.05, 0) is 19.0 Å². The Labute approximate surface area is 122 Å². The molecule has 0 amide bonds. The van der Waals surface area contributed by atoms with E-state index in [-0.39, 0.29) is 5.88 Å². The molecule has 2 aromatic heterocycles. The smallest absolute Gasteiger partial charge is 0.256 e. The second-order valence-corrected chi connectivity index (χ2v) is 4.64. The van der Waals surface area contributed by atoms with Crippen LogP contribution in [-0.2, 0) is 6.54 Å². The average Bonchev–Trinajstić information content (AvgIpc) is 2.43. The molecule has 0 aliphatic carbocycles. The number of nitrogens with zero attached hydrogens (tertiary/aromatic N) is 2. The highest BCUT2D eigenvalue weighted by Gasteiger charge is 2.11. The third-order valence-corrected chi connectivity index (χ3v) is 2.78. The third-order valence-electron chi connectivity index (χ3n) is 2.57. The van der Waals surface area contributed by atoms with E-state index in [1.165, 1.54) is 18.6 Å². The molecule has 4 nitrogen and oxygen atoms in total. The van der Waals surface area contributed by atoms with Gasteiger partial charge in [0.2, 0.25) is 0 Å². The highest BCUT2D eigenvalue weighted by atomic mass is 35.5. The fraction of sp³-hybridized carbons (Fsp3) is 0.286. The molecule has 0 saturated carbocycles. The molecule has 0 radical (unpaired) electrons. The SMILES string of the molecule is CCCNCc1ccnc(Oc2cncc(Cl)c2)c1F. The van der Waals surface area contributed by atoms with Crippen molar-refractivity contribution in [3.8, 4) is 11.6 Å². The zero-order valence-corrected chi connectivity index (χ0v) is 11.8. The lowest BCUT2D eigenvalue weighted by Gasteiger charge is -2.09. The molecule has 2 heterocycles. The zero-order chi connectivity index (χ0) is 14.4. The number of rotatable bonds is 6. The molecule has 1 N–H and O–H groups in total. The van der Waals surface area contributed by atoms with Gasteiger partial charge in [0.1, 0.15) is 5.75 Å². The van der Waals surface area contributed by atoms with Gasteiger partial charge in [-0.3, -0.25) is 4.98 Å². The Morgan fingerprint density at radius 3 is 3.00 bits per heavy atom. The molecule has 2 aromatic rings. The van der Waals surface area contributed by atoms with Crippen molar-refractivity contribution in [1.82, 2.24) is 15.3 Å². The largest absolute Gasteiger partial charge is 0.435 e. The van der Waals surface area contributed by atoms with Crippen LogP contribution in [0.1, 0.15) is 18.9 Å². The first-order chi connectivity index (χ1) is 9.70. The lowest BCUT2D eigenvalue weighted by atomic mass is 10.2. The van der Waals surface area contributed by atoms with Crippen molar-refractivity contribution in [1.29, 1.82) is 0 Å². The molecule has 20 heavy (non-hydrogen) atoms. The van der Waals surface area contributed by atoms with E-state index in [2.05, 4.69) is 22.2 Å². The Hall–Kier alpha value is -1.72. The lowest BCUT2D eigenvalue weighted by molar-refractivity contribution is 0.416. The van der Waals surface area contributed by atoms with Crippen LogP contribution in [0.3, 0.4) is 0 Å². The first-order valence-electron chi connectivity index (χ1n) is 6.33. The Balaban J connectivity index is 2.14. The van der Waals surface area contributed by atoms with Crippen LogP contribution in [0.25, 0.3) is 0 Å². The highest BCUT2D eigenvalue weighted by molar-refractivity contribution is 6.30. The summed E-state index contributed by atoms with van der Waals surface area (Å²) in [6.07, 6.45) is 5.43. The summed E-state index contributed by atoms with van der Waals surface area (Å²) >= 11 is 5.80. The van der Waals surface area contributed by atoms with Crippen LogP contribution < -0.4 is 10.1 Å². The van der Waals surface area contributed by atoms with E-state index in [0.717, 1.165) is 13.0 Å². The molecule has 0 aliphatic rings. The van der Waals surface area contributed by atoms with Gasteiger partial charge in [0.25, 0.3) is 5.88 Å². The summed E-state index contributed by atoms with van der Waals surface area (Å²) in [5.41, 5.74) is 0.512. The average molecular weight is 296 g/mol. The third kappa shape index (κ3) is 3.88. The molecular formula is C14H15ClFN3O. The van der Waals surface area contributed by atoms with Crippen molar-refractivity contribution in [2.75, 3.05) is 6.54 Å². The molecule has 2 rings (SSSR count). The van der Waals surface area contributed by atoms with Crippen LogP contribution in [0, 0.1) is 5.82 Å². The summed E-state index contributed by atoms with van der Waals surface area (Å²) < 4.78 is 19.6. The molecular weight excluding hydrogens is 281 g/mol. The van der Waals surface area contributed by atoms with Gasteiger partial charge in [-0.25, -0.2) is 9.37 Å². The molecule has 0 bridgehead atoms. The molecule has 0 saturated heterocycles. The second kappa shape index (κ2) is 7.17. The van der Waals surface area contributed by atoms with Crippen LogP contribution in [0.5, 0.6) is 11.6 Å². The van der Waals surface area contributed by atoms with Gasteiger partial charge in [-0.1, -0.05) is 18.5 Å². The topological polar surface area (TPSA) is 47.0 Å². The number of hydrogen-bond donors (Lipinski definition) is 1. The molecule has 0 fully saturated rings. The van der Waals surface area contributed by atoms with Crippen molar-refractivity contribution in [2.45, 2.75) is 19.9 Å². The molecule has 106 valence electrons. The normalized spacial score (nSPS) is 10.6. The number of hydrogen-bond acceptors (Lipinski definition) is 4. The fourth-order valence-corrected chi connectivity index (χ4v) is 1.79. The van der Waals surface area contributed by atoms with Gasteiger partial charge >= 0.3 is 0 Å². The quantitative estimate of drug-likeness (QED) is 0.828. The van der Waals surface area contributed by atoms with E-state index in [1.807, 2.05) is 0 Å². The Morgan fingerprint density at radius 1 is 1.40 bits per heavy atom. The number of halogens is 2. The minimum atomic E-state index is -0.476. The van der Waals surface area contributed by atoms with E-state index in [1.54, 1.807) is 12.1 Å². The van der Waals surface area contributed by atoms with Gasteiger partial charge in [-0.2, -0.15) is 0 Å². The number of pyridine rings is 2. The summed E-state index contributed by atoms with van der Waals surface area (Å²) in [4.78, 5) is 7.77. The predicted molar refractivity (Wildman–Crippen MR) is 75.5 cm³/mol. The zero-order valence-electron chi connectivity index (χ0n) is 11.1. The van der Waals surface area contributed by atoms with Crippen molar-refractivity contribution >= 4 is 11.6 Å². The fourth-order valence-electron chi connectivity index (χ4n) is 1.63. The minimum absolute atomic E-state index is 0.0788. The summed E-state index contributed by atoms with van der Waals surface area (Å²) in [6.45, 7) is 3.32. The predicted octanol–water partition coefficient (Wildman–Crippen LogP) is 3.56. The molecule has 0 spiro atoms. The van der Waals surface area contributed by atoms with Gasteiger partial charge in [0, 0.05) is 30.6 Å². The van der Waals surface area contributed by atoms with Gasteiger partial charge in [-0.15, -0.1) is 0 Å². The minimum Gasteiger partial charge on any atom is -0.435 e. The maximum Gasteiger partial charge on any atom is 0.256 e. The molecule has 0 unspecified atom stereocenters. The van der Waals surface area contributed by atoms with E-state index in [9.17, 15) is 4.39 Å². The summed E-state index contributed by atoms with van der Waals surface area (Å²) in [5, 5.41) is 3.56. The summed E-state index contributed by atoms with van der Waals surface area (Å²) in [6, 6.07) is 3.18. The van der Waals surface area contributed by atoms with Crippen LogP contribution in [0.15, 0.2) is 30.7 Å². The Morgan fingerprint density at radius 2 is 2.25 bits per heavy atom.